The maximum absolute atomic E-state index is 12.6. The third-order valence-electron chi connectivity index (χ3n) is 4.43. The summed E-state index contributed by atoms with van der Waals surface area (Å²) in [5, 5.41) is 16.1. The van der Waals surface area contributed by atoms with Crippen molar-refractivity contribution in [1.29, 1.82) is 0 Å². The summed E-state index contributed by atoms with van der Waals surface area (Å²) in [6, 6.07) is 0. The number of aromatic nitrogens is 3. The number of carboxylic acids is 1. The molecular formula is C14H18N4O3. The zero-order valence-electron chi connectivity index (χ0n) is 12.0. The SMILES string of the molecule is Cc1nc(CN(C)C(=O)C2C3C=CC(C3)C2C(=O)O)n[nH]1. The zero-order chi connectivity index (χ0) is 15.1. The largest absolute Gasteiger partial charge is 0.481 e. The van der Waals surface area contributed by atoms with Gasteiger partial charge in [-0.25, -0.2) is 4.98 Å². The Morgan fingerprint density at radius 2 is 2.05 bits per heavy atom. The molecule has 0 spiro atoms. The number of carbonyl (C=O) groups excluding carboxylic acids is 1. The van der Waals surface area contributed by atoms with Crippen molar-refractivity contribution in [3.05, 3.63) is 23.8 Å². The van der Waals surface area contributed by atoms with Gasteiger partial charge in [-0.15, -0.1) is 0 Å². The van der Waals surface area contributed by atoms with Crippen LogP contribution in [0.4, 0.5) is 0 Å². The molecule has 1 amide bonds. The molecule has 0 aromatic carbocycles. The highest BCUT2D eigenvalue weighted by Gasteiger charge is 2.52. The normalized spacial score (nSPS) is 29.8. The minimum Gasteiger partial charge on any atom is -0.481 e. The molecule has 2 N–H and O–H groups in total. The monoisotopic (exact) mass is 290 g/mol. The number of carboxylic acid groups (broad SMARTS) is 1. The van der Waals surface area contributed by atoms with Gasteiger partial charge in [-0.1, -0.05) is 12.2 Å². The summed E-state index contributed by atoms with van der Waals surface area (Å²) in [6.07, 6.45) is 4.68. The van der Waals surface area contributed by atoms with Crippen molar-refractivity contribution in [1.82, 2.24) is 20.1 Å². The van der Waals surface area contributed by atoms with E-state index >= 15 is 0 Å². The van der Waals surface area contributed by atoms with E-state index in [1.54, 1.807) is 14.0 Å². The van der Waals surface area contributed by atoms with Crippen LogP contribution >= 0.6 is 0 Å². The molecule has 1 heterocycles. The van der Waals surface area contributed by atoms with E-state index in [4.69, 9.17) is 0 Å². The number of aryl methyl sites for hydroxylation is 1. The van der Waals surface area contributed by atoms with Gasteiger partial charge in [-0.2, -0.15) is 5.10 Å². The fourth-order valence-electron chi connectivity index (χ4n) is 3.50. The molecule has 2 bridgehead atoms. The van der Waals surface area contributed by atoms with Crippen molar-refractivity contribution >= 4 is 11.9 Å². The van der Waals surface area contributed by atoms with Gasteiger partial charge in [0.1, 0.15) is 5.82 Å². The number of rotatable bonds is 4. The van der Waals surface area contributed by atoms with E-state index in [1.807, 2.05) is 12.2 Å². The van der Waals surface area contributed by atoms with Crippen LogP contribution in [0.15, 0.2) is 12.2 Å². The van der Waals surface area contributed by atoms with Crippen LogP contribution < -0.4 is 0 Å². The lowest BCUT2D eigenvalue weighted by atomic mass is 9.82. The van der Waals surface area contributed by atoms with E-state index in [1.165, 1.54) is 4.90 Å². The van der Waals surface area contributed by atoms with Gasteiger partial charge in [0, 0.05) is 7.05 Å². The molecule has 4 unspecified atom stereocenters. The van der Waals surface area contributed by atoms with E-state index in [9.17, 15) is 14.7 Å². The Balaban J connectivity index is 1.74. The molecule has 3 rings (SSSR count). The number of hydrogen-bond donors (Lipinski definition) is 2. The second-order valence-electron chi connectivity index (χ2n) is 5.87. The Bertz CT molecular complexity index is 609. The van der Waals surface area contributed by atoms with Crippen molar-refractivity contribution < 1.29 is 14.7 Å². The molecule has 112 valence electrons. The molecule has 2 aliphatic rings. The van der Waals surface area contributed by atoms with Crippen LogP contribution in [0.3, 0.4) is 0 Å². The topological polar surface area (TPSA) is 99.2 Å². The van der Waals surface area contributed by atoms with Crippen molar-refractivity contribution in [3.63, 3.8) is 0 Å². The molecular weight excluding hydrogens is 272 g/mol. The molecule has 7 nitrogen and oxygen atoms in total. The van der Waals surface area contributed by atoms with Gasteiger partial charge in [0.25, 0.3) is 0 Å². The second-order valence-corrected chi connectivity index (χ2v) is 5.87. The second kappa shape index (κ2) is 4.98. The molecule has 0 saturated heterocycles. The number of fused-ring (bicyclic) bond motifs is 2. The lowest BCUT2D eigenvalue weighted by molar-refractivity contribution is -0.150. The zero-order valence-corrected chi connectivity index (χ0v) is 12.0. The highest BCUT2D eigenvalue weighted by Crippen LogP contribution is 2.48. The van der Waals surface area contributed by atoms with Crippen LogP contribution in [0.25, 0.3) is 0 Å². The van der Waals surface area contributed by atoms with Crippen LogP contribution in [0.5, 0.6) is 0 Å². The van der Waals surface area contributed by atoms with Crippen LogP contribution in [0.1, 0.15) is 18.1 Å². The van der Waals surface area contributed by atoms with Crippen molar-refractivity contribution in [2.45, 2.75) is 19.9 Å². The van der Waals surface area contributed by atoms with Crippen molar-refractivity contribution in [2.75, 3.05) is 7.05 Å². The Labute approximate surface area is 122 Å². The summed E-state index contributed by atoms with van der Waals surface area (Å²) in [7, 11) is 1.67. The van der Waals surface area contributed by atoms with Crippen LogP contribution in [-0.2, 0) is 16.1 Å². The molecule has 2 aliphatic carbocycles. The molecule has 21 heavy (non-hydrogen) atoms. The molecule has 1 aromatic heterocycles. The summed E-state index contributed by atoms with van der Waals surface area (Å²) >= 11 is 0. The number of aliphatic carboxylic acids is 1. The summed E-state index contributed by atoms with van der Waals surface area (Å²) in [5.74, 6) is -0.841. The average Bonchev–Trinajstić information content (AvgIpc) is 3.12. The summed E-state index contributed by atoms with van der Waals surface area (Å²) in [6.45, 7) is 2.08. The van der Waals surface area contributed by atoms with Crippen molar-refractivity contribution in [2.24, 2.45) is 23.7 Å². The number of H-pyrrole nitrogens is 1. The summed E-state index contributed by atoms with van der Waals surface area (Å²) in [5.41, 5.74) is 0. The number of nitrogens with zero attached hydrogens (tertiary/aromatic N) is 3. The highest BCUT2D eigenvalue weighted by atomic mass is 16.4. The standard InChI is InChI=1S/C14H18N4O3/c1-7-15-10(17-16-7)6-18(2)13(19)11-8-3-4-9(5-8)12(11)14(20)21/h3-4,8-9,11-12H,5-6H2,1-2H3,(H,20,21)(H,15,16,17). The minimum atomic E-state index is -0.882. The smallest absolute Gasteiger partial charge is 0.307 e. The van der Waals surface area contributed by atoms with Gasteiger partial charge in [0.15, 0.2) is 5.82 Å². The molecule has 1 saturated carbocycles. The lowest BCUT2D eigenvalue weighted by Crippen LogP contribution is -2.41. The van der Waals surface area contributed by atoms with E-state index in [-0.39, 0.29) is 24.3 Å². The minimum absolute atomic E-state index is 0.0133. The number of hydrogen-bond acceptors (Lipinski definition) is 4. The Morgan fingerprint density at radius 3 is 2.62 bits per heavy atom. The van der Waals surface area contributed by atoms with Crippen LogP contribution in [0.2, 0.25) is 0 Å². The predicted octanol–water partition coefficient (Wildman–Crippen LogP) is 0.594. The summed E-state index contributed by atoms with van der Waals surface area (Å²) < 4.78 is 0. The first-order valence-electron chi connectivity index (χ1n) is 7.01. The van der Waals surface area contributed by atoms with Gasteiger partial charge in [-0.05, 0) is 25.2 Å². The van der Waals surface area contributed by atoms with Gasteiger partial charge in [-0.3, -0.25) is 14.7 Å². The molecule has 7 heteroatoms. The lowest BCUT2D eigenvalue weighted by Gasteiger charge is -2.27. The third-order valence-corrected chi connectivity index (χ3v) is 4.43. The molecule has 1 aromatic rings. The van der Waals surface area contributed by atoms with E-state index in [0.717, 1.165) is 6.42 Å². The van der Waals surface area contributed by atoms with E-state index < -0.39 is 17.8 Å². The number of aromatic amines is 1. The number of amides is 1. The van der Waals surface area contributed by atoms with E-state index in [2.05, 4.69) is 15.2 Å². The molecule has 0 radical (unpaired) electrons. The van der Waals surface area contributed by atoms with Gasteiger partial charge >= 0.3 is 5.97 Å². The first-order valence-corrected chi connectivity index (χ1v) is 7.01. The molecule has 0 aliphatic heterocycles. The van der Waals surface area contributed by atoms with Crippen LogP contribution in [0, 0.1) is 30.6 Å². The average molecular weight is 290 g/mol. The number of allylic oxidation sites excluding steroid dienone is 2. The summed E-state index contributed by atoms with van der Waals surface area (Å²) in [4.78, 5) is 29.8. The maximum Gasteiger partial charge on any atom is 0.307 e. The Morgan fingerprint density at radius 1 is 1.38 bits per heavy atom. The number of carbonyl (C=O) groups is 2. The molecule has 1 fully saturated rings. The fraction of sp³-hybridized carbons (Fsp3) is 0.571. The highest BCUT2D eigenvalue weighted by molar-refractivity contribution is 5.86. The quantitative estimate of drug-likeness (QED) is 0.791. The van der Waals surface area contributed by atoms with Gasteiger partial charge in [0.2, 0.25) is 5.91 Å². The Hall–Kier alpha value is -2.18. The first-order chi connectivity index (χ1) is 9.97. The van der Waals surface area contributed by atoms with Crippen LogP contribution in [-0.4, -0.2) is 44.1 Å². The van der Waals surface area contributed by atoms with Gasteiger partial charge in [0.05, 0.1) is 18.4 Å². The maximum atomic E-state index is 12.6. The van der Waals surface area contributed by atoms with Crippen molar-refractivity contribution in [3.8, 4) is 0 Å². The van der Waals surface area contributed by atoms with E-state index in [0.29, 0.717) is 11.6 Å². The Kier molecular flexibility index (Phi) is 3.27. The number of nitrogens with one attached hydrogen (secondary N) is 1. The fourth-order valence-corrected chi connectivity index (χ4v) is 3.50. The third kappa shape index (κ3) is 2.32. The predicted molar refractivity (Wildman–Crippen MR) is 72.9 cm³/mol. The van der Waals surface area contributed by atoms with Gasteiger partial charge < -0.3 is 10.0 Å². The first kappa shape index (κ1) is 13.8. The molecule has 4 atom stereocenters.